The van der Waals surface area contributed by atoms with Gasteiger partial charge in [-0.2, -0.15) is 13.2 Å². The fourth-order valence-electron chi connectivity index (χ4n) is 2.84. The lowest BCUT2D eigenvalue weighted by atomic mass is 10.1. The van der Waals surface area contributed by atoms with Gasteiger partial charge in [0.05, 0.1) is 15.5 Å². The van der Waals surface area contributed by atoms with Crippen LogP contribution in [-0.4, -0.2) is 20.9 Å². The second-order valence-electron chi connectivity index (χ2n) is 7.33. The van der Waals surface area contributed by atoms with E-state index in [9.17, 15) is 26.4 Å². The zero-order chi connectivity index (χ0) is 24.9. The van der Waals surface area contributed by atoms with Crippen LogP contribution in [0.25, 0.3) is 0 Å². The van der Waals surface area contributed by atoms with Gasteiger partial charge in [0.2, 0.25) is 0 Å². The maximum Gasteiger partial charge on any atom is 0.416 e. The van der Waals surface area contributed by atoms with Crippen molar-refractivity contribution in [1.82, 2.24) is 5.32 Å². The average Bonchev–Trinajstić information content (AvgIpc) is 2.77. The van der Waals surface area contributed by atoms with E-state index in [4.69, 9.17) is 16.3 Å². The topological polar surface area (TPSA) is 84.5 Å². The van der Waals surface area contributed by atoms with Crippen molar-refractivity contribution in [1.29, 1.82) is 0 Å². The van der Waals surface area contributed by atoms with Crippen LogP contribution in [0.3, 0.4) is 0 Å². The number of alkyl halides is 3. The Kier molecular flexibility index (Phi) is 7.73. The molecule has 0 unspecified atom stereocenters. The maximum absolute atomic E-state index is 12.9. The summed E-state index contributed by atoms with van der Waals surface area (Å²) < 4.78 is 71.2. The number of benzene rings is 3. The van der Waals surface area contributed by atoms with Crippen LogP contribution in [0.1, 0.15) is 16.7 Å². The predicted octanol–water partition coefficient (Wildman–Crippen LogP) is 5.16. The number of hydrogen-bond acceptors (Lipinski definition) is 4. The van der Waals surface area contributed by atoms with E-state index in [1.807, 2.05) is 31.2 Å². The molecule has 0 saturated carbocycles. The highest BCUT2D eigenvalue weighted by Gasteiger charge is 2.30. The third-order valence-electron chi connectivity index (χ3n) is 4.62. The van der Waals surface area contributed by atoms with Crippen molar-refractivity contribution in [3.63, 3.8) is 0 Å². The third-order valence-corrected chi connectivity index (χ3v) is 6.30. The lowest BCUT2D eigenvalue weighted by Gasteiger charge is -2.13. The molecule has 3 aromatic rings. The molecule has 0 aliphatic rings. The summed E-state index contributed by atoms with van der Waals surface area (Å²) in [5.74, 6) is -0.329. The first kappa shape index (κ1) is 25.4. The van der Waals surface area contributed by atoms with Crippen molar-refractivity contribution in [2.75, 3.05) is 11.3 Å². The van der Waals surface area contributed by atoms with Crippen molar-refractivity contribution in [2.24, 2.45) is 0 Å². The van der Waals surface area contributed by atoms with Gasteiger partial charge in [0, 0.05) is 12.2 Å². The molecule has 0 atom stereocenters. The average molecular weight is 513 g/mol. The predicted molar refractivity (Wildman–Crippen MR) is 122 cm³/mol. The Bertz CT molecular complexity index is 1280. The van der Waals surface area contributed by atoms with E-state index in [2.05, 4.69) is 10.0 Å². The summed E-state index contributed by atoms with van der Waals surface area (Å²) in [7, 11) is -4.23. The van der Waals surface area contributed by atoms with Gasteiger partial charge in [-0.05, 0) is 48.9 Å². The Morgan fingerprint density at radius 1 is 1.03 bits per heavy atom. The second-order valence-corrected chi connectivity index (χ2v) is 9.42. The normalized spacial score (nSPS) is 11.7. The highest BCUT2D eigenvalue weighted by molar-refractivity contribution is 7.92. The molecule has 6 nitrogen and oxygen atoms in total. The molecule has 3 rings (SSSR count). The van der Waals surface area contributed by atoms with Crippen LogP contribution in [0.15, 0.2) is 71.6 Å². The number of sulfonamides is 1. The van der Waals surface area contributed by atoms with Crippen LogP contribution < -0.4 is 14.8 Å². The molecule has 0 aliphatic carbocycles. The van der Waals surface area contributed by atoms with Crippen molar-refractivity contribution in [3.05, 3.63) is 88.4 Å². The summed E-state index contributed by atoms with van der Waals surface area (Å²) in [6, 6.07) is 14.9. The van der Waals surface area contributed by atoms with Gasteiger partial charge >= 0.3 is 6.18 Å². The van der Waals surface area contributed by atoms with E-state index < -0.39 is 27.7 Å². The van der Waals surface area contributed by atoms with Gasteiger partial charge in [0.25, 0.3) is 15.9 Å². The smallest absolute Gasteiger partial charge is 0.416 e. The van der Waals surface area contributed by atoms with Crippen LogP contribution in [0.4, 0.5) is 18.9 Å². The first-order valence-corrected chi connectivity index (χ1v) is 11.7. The summed E-state index contributed by atoms with van der Waals surface area (Å²) >= 11 is 6.10. The number of ether oxygens (including phenoxy) is 1. The van der Waals surface area contributed by atoms with Crippen LogP contribution in [0, 0.1) is 6.92 Å². The van der Waals surface area contributed by atoms with Crippen molar-refractivity contribution in [3.8, 4) is 5.75 Å². The molecule has 0 saturated heterocycles. The molecule has 2 N–H and O–H groups in total. The summed E-state index contributed by atoms with van der Waals surface area (Å²) in [4.78, 5) is 11.7. The Hall–Kier alpha value is -3.24. The van der Waals surface area contributed by atoms with Crippen molar-refractivity contribution < 1.29 is 31.1 Å². The number of nitrogens with one attached hydrogen (secondary N) is 2. The van der Waals surface area contributed by atoms with E-state index in [0.717, 1.165) is 29.3 Å². The first-order valence-electron chi connectivity index (χ1n) is 9.89. The third kappa shape index (κ3) is 6.88. The van der Waals surface area contributed by atoms with Crippen molar-refractivity contribution in [2.45, 2.75) is 24.5 Å². The number of amides is 1. The van der Waals surface area contributed by atoms with Crippen LogP contribution >= 0.6 is 11.6 Å². The highest BCUT2D eigenvalue weighted by Crippen LogP contribution is 2.32. The molecule has 0 aliphatic heterocycles. The molecule has 0 bridgehead atoms. The maximum atomic E-state index is 12.9. The summed E-state index contributed by atoms with van der Waals surface area (Å²) in [6.07, 6.45) is -4.61. The molecule has 1 amide bonds. The quantitative estimate of drug-likeness (QED) is 0.436. The van der Waals surface area contributed by atoms with E-state index >= 15 is 0 Å². The Balaban J connectivity index is 1.61. The van der Waals surface area contributed by atoms with Crippen LogP contribution in [0.5, 0.6) is 5.75 Å². The molecule has 180 valence electrons. The number of hydrogen-bond donors (Lipinski definition) is 2. The van der Waals surface area contributed by atoms with Gasteiger partial charge in [0.1, 0.15) is 5.75 Å². The van der Waals surface area contributed by atoms with Crippen molar-refractivity contribution >= 4 is 33.2 Å². The van der Waals surface area contributed by atoms with Crippen LogP contribution in [-0.2, 0) is 27.5 Å². The molecule has 0 fully saturated rings. The molecule has 0 radical (unpaired) electrons. The standard InChI is InChI=1S/C23H20ClF3N2O4S/c1-15-5-7-16(8-6-15)13-28-22(30)14-33-21-10-9-19(12-20(21)24)34(31,32)29-18-4-2-3-17(11-18)23(25,26)27/h2-12,29H,13-14H2,1H3,(H,28,30). The minimum atomic E-state index is -4.61. The van der Waals surface area contributed by atoms with E-state index in [1.165, 1.54) is 18.2 Å². The van der Waals surface area contributed by atoms with Gasteiger partial charge in [-0.1, -0.05) is 47.5 Å². The number of carbonyl (C=O) groups excluding carboxylic acids is 1. The van der Waals surface area contributed by atoms with E-state index in [0.29, 0.717) is 12.6 Å². The minimum absolute atomic E-state index is 0.0742. The number of aryl methyl sites for hydroxylation is 1. The molecular formula is C23H20ClF3N2O4S. The van der Waals surface area contributed by atoms with E-state index in [-0.39, 0.29) is 28.0 Å². The Morgan fingerprint density at radius 2 is 1.74 bits per heavy atom. The van der Waals surface area contributed by atoms with Gasteiger partial charge in [-0.15, -0.1) is 0 Å². The zero-order valence-corrected chi connectivity index (χ0v) is 19.4. The molecule has 3 aromatic carbocycles. The molecule has 0 spiro atoms. The van der Waals surface area contributed by atoms with Gasteiger partial charge in [-0.25, -0.2) is 8.42 Å². The number of rotatable bonds is 8. The molecule has 0 aromatic heterocycles. The van der Waals surface area contributed by atoms with Gasteiger partial charge < -0.3 is 10.1 Å². The SMILES string of the molecule is Cc1ccc(CNC(=O)COc2ccc(S(=O)(=O)Nc3cccc(C(F)(F)F)c3)cc2Cl)cc1. The lowest BCUT2D eigenvalue weighted by molar-refractivity contribution is -0.137. The molecule has 0 heterocycles. The highest BCUT2D eigenvalue weighted by atomic mass is 35.5. The largest absolute Gasteiger partial charge is 0.482 e. The molecule has 11 heteroatoms. The number of halogens is 4. The zero-order valence-electron chi connectivity index (χ0n) is 17.8. The monoisotopic (exact) mass is 512 g/mol. The fraction of sp³-hybridized carbons (Fsp3) is 0.174. The second kappa shape index (κ2) is 10.4. The Morgan fingerprint density at radius 3 is 2.38 bits per heavy atom. The lowest BCUT2D eigenvalue weighted by Crippen LogP contribution is -2.28. The summed E-state index contributed by atoms with van der Waals surface area (Å²) in [6.45, 7) is 1.92. The number of carbonyl (C=O) groups is 1. The summed E-state index contributed by atoms with van der Waals surface area (Å²) in [5.41, 5.74) is 0.773. The minimum Gasteiger partial charge on any atom is -0.482 e. The summed E-state index contributed by atoms with van der Waals surface area (Å²) in [5, 5.41) is 2.61. The fourth-order valence-corrected chi connectivity index (χ4v) is 4.21. The van der Waals surface area contributed by atoms with Gasteiger partial charge in [-0.3, -0.25) is 9.52 Å². The molecular weight excluding hydrogens is 493 g/mol. The van der Waals surface area contributed by atoms with Gasteiger partial charge in [0.15, 0.2) is 6.61 Å². The number of anilines is 1. The first-order chi connectivity index (χ1) is 15.9. The Labute approximate surface area is 199 Å². The molecule has 34 heavy (non-hydrogen) atoms. The van der Waals surface area contributed by atoms with Crippen LogP contribution in [0.2, 0.25) is 5.02 Å². The van der Waals surface area contributed by atoms with E-state index in [1.54, 1.807) is 0 Å².